The highest BCUT2D eigenvalue weighted by atomic mass is 32.1. The Labute approximate surface area is 104 Å². The van der Waals surface area contributed by atoms with E-state index in [0.717, 1.165) is 28.8 Å². The number of nitrogens with zero attached hydrogens (tertiary/aromatic N) is 1. The molecule has 2 N–H and O–H groups in total. The Morgan fingerprint density at radius 2 is 2.06 bits per heavy atom. The van der Waals surface area contributed by atoms with Gasteiger partial charge in [0.25, 0.3) is 0 Å². The van der Waals surface area contributed by atoms with E-state index in [0.29, 0.717) is 10.6 Å². The van der Waals surface area contributed by atoms with Crippen LogP contribution in [0.25, 0.3) is 10.2 Å². The van der Waals surface area contributed by atoms with E-state index in [2.05, 4.69) is 4.98 Å². The number of thiophene rings is 1. The molecule has 0 saturated heterocycles. The Bertz CT molecular complexity index is 643. The number of anilines is 1. The summed E-state index contributed by atoms with van der Waals surface area (Å²) >= 11 is 1.43. The molecule has 17 heavy (non-hydrogen) atoms. The van der Waals surface area contributed by atoms with Gasteiger partial charge in [-0.1, -0.05) is 0 Å². The molecular formula is C13H14N2OS. The molecule has 2 aromatic heterocycles. The van der Waals surface area contributed by atoms with E-state index in [-0.39, 0.29) is 5.78 Å². The molecule has 0 unspecified atom stereocenters. The van der Waals surface area contributed by atoms with Crippen LogP contribution in [-0.4, -0.2) is 10.8 Å². The van der Waals surface area contributed by atoms with Crippen LogP contribution in [-0.2, 0) is 12.8 Å². The number of hydrogen-bond acceptors (Lipinski definition) is 4. The molecule has 0 saturated carbocycles. The molecular weight excluding hydrogens is 232 g/mol. The predicted molar refractivity (Wildman–Crippen MR) is 70.8 cm³/mol. The van der Waals surface area contributed by atoms with E-state index < -0.39 is 0 Å². The van der Waals surface area contributed by atoms with Crippen LogP contribution in [0.4, 0.5) is 5.69 Å². The third kappa shape index (κ3) is 1.40. The molecule has 2 aromatic rings. The summed E-state index contributed by atoms with van der Waals surface area (Å²) in [6.07, 6.45) is 3.32. The normalized spacial score (nSPS) is 14.2. The van der Waals surface area contributed by atoms with Crippen LogP contribution in [0.5, 0.6) is 0 Å². The van der Waals surface area contributed by atoms with Crippen molar-refractivity contribution in [3.05, 3.63) is 21.7 Å². The number of nitrogens with two attached hydrogens (primary N) is 1. The van der Waals surface area contributed by atoms with Gasteiger partial charge in [-0.25, -0.2) is 4.98 Å². The number of fused-ring (bicyclic) bond motifs is 3. The Balaban J connectivity index is 2.43. The summed E-state index contributed by atoms with van der Waals surface area (Å²) in [5.41, 5.74) is 10.5. The van der Waals surface area contributed by atoms with E-state index >= 15 is 0 Å². The number of aromatic nitrogens is 1. The molecule has 0 bridgehead atoms. The molecule has 0 fully saturated rings. The molecule has 4 heteroatoms. The summed E-state index contributed by atoms with van der Waals surface area (Å²) in [5.74, 6) is 0.0369. The standard InChI is InChI=1S/C13H14N2OS/c1-6-8-4-3-5-9(8)10-11(14)12(7(2)16)17-13(10)15-6/h3-5,14H2,1-2H3. The summed E-state index contributed by atoms with van der Waals surface area (Å²) in [4.78, 5) is 17.7. The van der Waals surface area contributed by atoms with Gasteiger partial charge in [0.05, 0.1) is 10.6 Å². The molecule has 0 aliphatic heterocycles. The average molecular weight is 246 g/mol. The summed E-state index contributed by atoms with van der Waals surface area (Å²) < 4.78 is 0. The first-order chi connectivity index (χ1) is 8.09. The van der Waals surface area contributed by atoms with Gasteiger partial charge < -0.3 is 5.73 Å². The van der Waals surface area contributed by atoms with Crippen molar-refractivity contribution in [3.63, 3.8) is 0 Å². The first-order valence-electron chi connectivity index (χ1n) is 5.81. The first-order valence-corrected chi connectivity index (χ1v) is 6.62. The fourth-order valence-corrected chi connectivity index (χ4v) is 3.77. The van der Waals surface area contributed by atoms with Crippen LogP contribution in [0.3, 0.4) is 0 Å². The number of pyridine rings is 1. The molecule has 0 amide bonds. The van der Waals surface area contributed by atoms with Gasteiger partial charge >= 0.3 is 0 Å². The second-order valence-electron chi connectivity index (χ2n) is 4.59. The van der Waals surface area contributed by atoms with Crippen LogP contribution in [0, 0.1) is 6.92 Å². The Kier molecular flexibility index (Phi) is 2.23. The van der Waals surface area contributed by atoms with Crippen molar-refractivity contribution < 1.29 is 4.79 Å². The lowest BCUT2D eigenvalue weighted by molar-refractivity contribution is 0.102. The van der Waals surface area contributed by atoms with E-state index in [1.807, 2.05) is 6.92 Å². The molecule has 1 aliphatic carbocycles. The van der Waals surface area contributed by atoms with Gasteiger partial charge in [-0.05, 0) is 37.3 Å². The van der Waals surface area contributed by atoms with Gasteiger partial charge in [0.15, 0.2) is 5.78 Å². The van der Waals surface area contributed by atoms with E-state index in [4.69, 9.17) is 5.73 Å². The summed E-state index contributed by atoms with van der Waals surface area (Å²) in [6.45, 7) is 3.61. The number of Topliss-reactive ketones (excluding diaryl/α,β-unsaturated/α-hetero) is 1. The summed E-state index contributed by atoms with van der Waals surface area (Å²) in [6, 6.07) is 0. The summed E-state index contributed by atoms with van der Waals surface area (Å²) in [5, 5.41) is 1.04. The molecule has 0 atom stereocenters. The van der Waals surface area contributed by atoms with Crippen LogP contribution >= 0.6 is 11.3 Å². The molecule has 1 aliphatic rings. The first kappa shape index (κ1) is 10.7. The van der Waals surface area contributed by atoms with Crippen molar-refractivity contribution in [3.8, 4) is 0 Å². The van der Waals surface area contributed by atoms with Crippen molar-refractivity contribution in [1.82, 2.24) is 4.98 Å². The number of nitrogen functional groups attached to an aromatic ring is 1. The molecule has 3 rings (SSSR count). The fourth-order valence-electron chi connectivity index (χ4n) is 2.70. The van der Waals surface area contributed by atoms with E-state index in [1.165, 1.54) is 28.9 Å². The SMILES string of the molecule is CC(=O)c1sc2nc(C)c3c(c2c1N)CCC3. The van der Waals surface area contributed by atoms with Gasteiger partial charge in [-0.15, -0.1) is 11.3 Å². The second kappa shape index (κ2) is 3.53. The highest BCUT2D eigenvalue weighted by Crippen LogP contribution is 2.40. The van der Waals surface area contributed by atoms with Gasteiger partial charge in [0, 0.05) is 18.0 Å². The lowest BCUT2D eigenvalue weighted by Gasteiger charge is -2.05. The van der Waals surface area contributed by atoms with Crippen LogP contribution in [0.1, 0.15) is 39.8 Å². The second-order valence-corrected chi connectivity index (χ2v) is 5.59. The van der Waals surface area contributed by atoms with Crippen LogP contribution < -0.4 is 5.73 Å². The van der Waals surface area contributed by atoms with Crippen LogP contribution in [0.15, 0.2) is 0 Å². The number of rotatable bonds is 1. The van der Waals surface area contributed by atoms with E-state index in [9.17, 15) is 4.79 Å². The van der Waals surface area contributed by atoms with Gasteiger partial charge in [0.1, 0.15) is 4.83 Å². The largest absolute Gasteiger partial charge is 0.397 e. The minimum absolute atomic E-state index is 0.0369. The molecule has 0 aromatic carbocycles. The minimum Gasteiger partial charge on any atom is -0.397 e. The predicted octanol–water partition coefficient (Wildman–Crippen LogP) is 2.88. The van der Waals surface area contributed by atoms with Gasteiger partial charge in [-0.2, -0.15) is 0 Å². The highest BCUT2D eigenvalue weighted by Gasteiger charge is 2.23. The maximum Gasteiger partial charge on any atom is 0.171 e. The maximum absolute atomic E-state index is 11.5. The molecule has 3 nitrogen and oxygen atoms in total. The van der Waals surface area contributed by atoms with Crippen LogP contribution in [0.2, 0.25) is 0 Å². The van der Waals surface area contributed by atoms with Crippen molar-refractivity contribution in [1.29, 1.82) is 0 Å². The number of aryl methyl sites for hydroxylation is 2. The van der Waals surface area contributed by atoms with Crippen molar-refractivity contribution in [2.24, 2.45) is 0 Å². The molecule has 0 spiro atoms. The quantitative estimate of drug-likeness (QED) is 0.787. The van der Waals surface area contributed by atoms with Gasteiger partial charge in [-0.3, -0.25) is 4.79 Å². The number of hydrogen-bond donors (Lipinski definition) is 1. The lowest BCUT2D eigenvalue weighted by atomic mass is 10.1. The minimum atomic E-state index is 0.0369. The zero-order chi connectivity index (χ0) is 12.2. The molecule has 2 heterocycles. The zero-order valence-electron chi connectivity index (χ0n) is 9.96. The Morgan fingerprint density at radius 1 is 1.35 bits per heavy atom. The van der Waals surface area contributed by atoms with Gasteiger partial charge in [0.2, 0.25) is 0 Å². The average Bonchev–Trinajstić information content (AvgIpc) is 2.83. The van der Waals surface area contributed by atoms with Crippen molar-refractivity contribution >= 4 is 33.0 Å². The fraction of sp³-hybridized carbons (Fsp3) is 0.385. The highest BCUT2D eigenvalue weighted by molar-refractivity contribution is 7.21. The zero-order valence-corrected chi connectivity index (χ0v) is 10.8. The third-order valence-electron chi connectivity index (χ3n) is 3.47. The number of carbonyl (C=O) groups is 1. The Hall–Kier alpha value is -1.42. The number of ketones is 1. The van der Waals surface area contributed by atoms with Crippen molar-refractivity contribution in [2.45, 2.75) is 33.1 Å². The molecule has 88 valence electrons. The number of carbonyl (C=O) groups excluding carboxylic acids is 1. The lowest BCUT2D eigenvalue weighted by Crippen LogP contribution is -1.97. The van der Waals surface area contributed by atoms with E-state index in [1.54, 1.807) is 6.92 Å². The smallest absolute Gasteiger partial charge is 0.171 e. The molecule has 0 radical (unpaired) electrons. The third-order valence-corrected chi connectivity index (χ3v) is 4.67. The topological polar surface area (TPSA) is 56.0 Å². The van der Waals surface area contributed by atoms with Crippen molar-refractivity contribution in [2.75, 3.05) is 5.73 Å². The summed E-state index contributed by atoms with van der Waals surface area (Å²) in [7, 11) is 0. The maximum atomic E-state index is 11.5. The monoisotopic (exact) mass is 246 g/mol. The Morgan fingerprint density at radius 3 is 2.76 bits per heavy atom.